The van der Waals surface area contributed by atoms with E-state index in [-0.39, 0.29) is 71.9 Å². The van der Waals surface area contributed by atoms with Gasteiger partial charge >= 0.3 is 6.03 Å². The first-order chi connectivity index (χ1) is 31.0. The van der Waals surface area contributed by atoms with Crippen LogP contribution in [0.15, 0.2) is 42.9 Å². The van der Waals surface area contributed by atoms with Crippen LogP contribution in [0.2, 0.25) is 0 Å². The number of Topliss-reactive ketones (excluding diaryl/α,β-unsaturated/α-hetero) is 1. The van der Waals surface area contributed by atoms with E-state index >= 15 is 0 Å². The highest BCUT2D eigenvalue weighted by atomic mass is 19.3. The van der Waals surface area contributed by atoms with Crippen LogP contribution in [0.25, 0.3) is 5.65 Å². The Kier molecular flexibility index (Phi) is 11.6. The third-order valence-corrected chi connectivity index (χ3v) is 14.9. The van der Waals surface area contributed by atoms with Gasteiger partial charge in [0.2, 0.25) is 5.91 Å². The molecule has 2 unspecified atom stereocenters. The van der Waals surface area contributed by atoms with Crippen molar-refractivity contribution in [1.29, 1.82) is 0 Å². The van der Waals surface area contributed by atoms with Gasteiger partial charge in [0, 0.05) is 88.7 Å². The minimum absolute atomic E-state index is 0.0235. The number of carbonyl (C=O) groups excluding carboxylic acids is 4. The highest BCUT2D eigenvalue weighted by Gasteiger charge is 2.40. The zero-order chi connectivity index (χ0) is 44.1. The monoisotopic (exact) mass is 882 g/mol. The lowest BCUT2D eigenvalue weighted by Gasteiger charge is -2.47. The zero-order valence-corrected chi connectivity index (χ0v) is 36.3. The normalized spacial score (nSPS) is 23.4. The Morgan fingerprint density at radius 2 is 1.70 bits per heavy atom. The zero-order valence-electron chi connectivity index (χ0n) is 36.3. The number of anilines is 2. The highest BCUT2D eigenvalue weighted by molar-refractivity contribution is 6.07. The summed E-state index contributed by atoms with van der Waals surface area (Å²) < 4.78 is 43.5. The van der Waals surface area contributed by atoms with E-state index in [4.69, 9.17) is 14.5 Å². The first-order valence-corrected chi connectivity index (χ1v) is 23.0. The van der Waals surface area contributed by atoms with Crippen molar-refractivity contribution in [2.75, 3.05) is 69.3 Å². The van der Waals surface area contributed by atoms with Crippen LogP contribution < -0.4 is 19.9 Å². The molecular weight excluding hydrogens is 827 g/mol. The van der Waals surface area contributed by atoms with Crippen LogP contribution in [0.5, 0.6) is 5.75 Å². The number of piperidine rings is 2. The third kappa shape index (κ3) is 8.45. The van der Waals surface area contributed by atoms with E-state index in [1.54, 1.807) is 39.8 Å². The quantitative estimate of drug-likeness (QED) is 0.180. The number of amides is 4. The van der Waals surface area contributed by atoms with Crippen LogP contribution in [0.1, 0.15) is 115 Å². The predicted molar refractivity (Wildman–Crippen MR) is 231 cm³/mol. The van der Waals surface area contributed by atoms with Gasteiger partial charge in [0.05, 0.1) is 42.8 Å². The van der Waals surface area contributed by atoms with E-state index in [0.29, 0.717) is 47.2 Å². The molecule has 64 heavy (non-hydrogen) atoms. The first kappa shape index (κ1) is 42.5. The van der Waals surface area contributed by atoms with E-state index in [1.807, 2.05) is 11.0 Å². The van der Waals surface area contributed by atoms with Crippen LogP contribution in [0, 0.1) is 11.3 Å². The minimum Gasteiger partial charge on any atom is -0.495 e. The van der Waals surface area contributed by atoms with Gasteiger partial charge < -0.3 is 24.2 Å². The number of urea groups is 1. The molecule has 10 rings (SSSR count). The Bertz CT molecular complexity index is 2400. The van der Waals surface area contributed by atoms with Crippen molar-refractivity contribution in [2.45, 2.75) is 102 Å². The number of ether oxygens (including phenoxy) is 2. The lowest BCUT2D eigenvalue weighted by atomic mass is 9.65. The molecule has 8 heterocycles. The molecule has 5 aliphatic heterocycles. The molecule has 18 heteroatoms. The summed E-state index contributed by atoms with van der Waals surface area (Å²) in [6.07, 6.45) is 12.6. The Morgan fingerprint density at radius 3 is 2.41 bits per heavy atom. The molecule has 2 bridgehead atoms. The van der Waals surface area contributed by atoms with Crippen molar-refractivity contribution >= 4 is 40.8 Å². The smallest absolute Gasteiger partial charge is 0.328 e. The largest absolute Gasteiger partial charge is 0.495 e. The highest BCUT2D eigenvalue weighted by Crippen LogP contribution is 2.47. The Hall–Kier alpha value is -5.49. The number of methoxy groups -OCH3 is 1. The van der Waals surface area contributed by atoms with Crippen LogP contribution in [0.4, 0.5) is 25.1 Å². The molecule has 1 aliphatic carbocycles. The van der Waals surface area contributed by atoms with Gasteiger partial charge in [0.15, 0.2) is 11.4 Å². The molecule has 340 valence electrons. The number of nitrogens with zero attached hydrogens (tertiary/aromatic N) is 9. The van der Waals surface area contributed by atoms with E-state index in [9.17, 15) is 28.0 Å². The van der Waals surface area contributed by atoms with Gasteiger partial charge in [-0.3, -0.25) is 29.3 Å². The average molecular weight is 883 g/mol. The maximum absolute atomic E-state index is 14.4. The Labute approximate surface area is 370 Å². The maximum atomic E-state index is 14.4. The number of rotatable bonds is 11. The van der Waals surface area contributed by atoms with Crippen molar-refractivity contribution in [1.82, 2.24) is 39.5 Å². The molecule has 1 N–H and O–H groups in total. The van der Waals surface area contributed by atoms with Gasteiger partial charge in [-0.1, -0.05) is 0 Å². The number of aromatic nitrogens is 5. The molecule has 0 radical (unpaired) electrons. The van der Waals surface area contributed by atoms with Gasteiger partial charge in [-0.25, -0.2) is 23.1 Å². The predicted octanol–water partition coefficient (Wildman–Crippen LogP) is 5.86. The fourth-order valence-electron chi connectivity index (χ4n) is 11.2. The van der Waals surface area contributed by atoms with E-state index in [0.717, 1.165) is 103 Å². The van der Waals surface area contributed by atoms with Gasteiger partial charge in [0.1, 0.15) is 17.3 Å². The molecule has 1 spiro atoms. The second-order valence-electron chi connectivity index (χ2n) is 18.8. The average Bonchev–Trinajstić information content (AvgIpc) is 4.03. The fraction of sp³-hybridized carbons (Fsp3) is 0.587. The van der Waals surface area contributed by atoms with Gasteiger partial charge in [-0.2, -0.15) is 10.2 Å². The summed E-state index contributed by atoms with van der Waals surface area (Å²) >= 11 is 0. The molecule has 5 saturated heterocycles. The van der Waals surface area contributed by atoms with Gasteiger partial charge in [-0.15, -0.1) is 0 Å². The Morgan fingerprint density at radius 1 is 0.953 bits per heavy atom. The summed E-state index contributed by atoms with van der Waals surface area (Å²) in [7, 11) is 1.51. The summed E-state index contributed by atoms with van der Waals surface area (Å²) in [4.78, 5) is 64.6. The lowest BCUT2D eigenvalue weighted by molar-refractivity contribution is -0.120. The van der Waals surface area contributed by atoms with E-state index in [2.05, 4.69) is 25.3 Å². The van der Waals surface area contributed by atoms with Crippen LogP contribution in [0.3, 0.4) is 0 Å². The summed E-state index contributed by atoms with van der Waals surface area (Å²) in [6, 6.07) is 6.47. The molecule has 1 aromatic carbocycles. The molecular formula is C46H56F2N10O6. The number of halogens is 2. The van der Waals surface area contributed by atoms with Crippen molar-refractivity contribution in [3.63, 3.8) is 0 Å². The molecule has 6 fully saturated rings. The second-order valence-corrected chi connectivity index (χ2v) is 18.8. The number of fused-ring (bicyclic) bond motifs is 3. The topological polar surface area (TPSA) is 160 Å². The van der Waals surface area contributed by atoms with Crippen molar-refractivity contribution < 1.29 is 37.4 Å². The molecule has 6 aliphatic rings. The molecule has 3 aromatic heterocycles. The van der Waals surface area contributed by atoms with Crippen molar-refractivity contribution in [2.24, 2.45) is 11.3 Å². The molecule has 1 saturated carbocycles. The summed E-state index contributed by atoms with van der Waals surface area (Å²) in [5.41, 5.74) is 1.82. The fourth-order valence-corrected chi connectivity index (χ4v) is 11.2. The molecule has 2 atom stereocenters. The number of hydrogen-bond acceptors (Lipinski definition) is 11. The second kappa shape index (κ2) is 17.5. The molecule has 16 nitrogen and oxygen atoms in total. The van der Waals surface area contributed by atoms with Crippen LogP contribution in [-0.4, -0.2) is 129 Å². The standard InChI is InChI=1S/C46H56F2N10O6/c1-63-38-5-2-30(22-36(38)56-18-11-40(60)51-45(56)62)44(61)54-20-14-46(15-21-54)12-6-29(7-13-46)25-53-16-8-32(9-17-53)58-26-31(41(52-58)42(47)48)23-37(59)35-24-49-57-19-10-39(50-43(35)57)55-27-33-3-4-34(28-55)64-33/h2,5,10,19,22,24,26,29,32-34,42H,3-4,6-9,11-18,20-21,23,25,27-28H2,1H3,(H,51,60,62). The van der Waals surface area contributed by atoms with Gasteiger partial charge in [-0.05, 0) is 99.8 Å². The third-order valence-electron chi connectivity index (χ3n) is 14.9. The van der Waals surface area contributed by atoms with Gasteiger partial charge in [0.25, 0.3) is 12.3 Å². The van der Waals surface area contributed by atoms with Crippen molar-refractivity contribution in [3.8, 4) is 5.75 Å². The number of likely N-dealkylation sites (tertiary alicyclic amines) is 2. The first-order valence-electron chi connectivity index (χ1n) is 23.0. The lowest BCUT2D eigenvalue weighted by Crippen LogP contribution is -2.49. The van der Waals surface area contributed by atoms with E-state index < -0.39 is 12.5 Å². The SMILES string of the molecule is COc1ccc(C(=O)N2CCC3(CCC(CN4CCC(n5cc(CC(=O)c6cnn7ccc(N8CC9CCC(C8)O9)nc67)c(C(F)F)n5)CC4)CC3)CC2)cc1N1CCC(=O)NC1=O. The Balaban J connectivity index is 0.702. The summed E-state index contributed by atoms with van der Waals surface area (Å²) in [5, 5.41) is 11.0. The number of alkyl halides is 2. The molecule has 4 aromatic rings. The number of ketones is 1. The number of imide groups is 1. The number of hydrogen-bond donors (Lipinski definition) is 1. The number of benzene rings is 1. The minimum atomic E-state index is -2.80. The number of carbonyl (C=O) groups is 4. The van der Waals surface area contributed by atoms with Crippen LogP contribution in [-0.2, 0) is 16.0 Å². The molecule has 4 amide bonds. The van der Waals surface area contributed by atoms with E-state index in [1.165, 1.54) is 18.2 Å². The van der Waals surface area contributed by atoms with Crippen molar-refractivity contribution in [3.05, 3.63) is 65.2 Å². The van der Waals surface area contributed by atoms with Crippen LogP contribution >= 0.6 is 0 Å². The maximum Gasteiger partial charge on any atom is 0.328 e. The number of morpholine rings is 1. The summed E-state index contributed by atoms with van der Waals surface area (Å²) in [6.45, 7) is 5.80. The number of nitrogens with one attached hydrogen (secondary N) is 1. The summed E-state index contributed by atoms with van der Waals surface area (Å²) in [5.74, 6) is 1.09.